The van der Waals surface area contributed by atoms with E-state index in [0.29, 0.717) is 5.92 Å². The molecule has 0 N–H and O–H groups in total. The van der Waals surface area contributed by atoms with Crippen LogP contribution in [0.2, 0.25) is 0 Å². The van der Waals surface area contributed by atoms with E-state index >= 15 is 0 Å². The number of fused-ring (bicyclic) bond motifs is 1. The van der Waals surface area contributed by atoms with Crippen molar-refractivity contribution >= 4 is 0 Å². The summed E-state index contributed by atoms with van der Waals surface area (Å²) in [5.74, 6) is 1.45. The van der Waals surface area contributed by atoms with E-state index in [1.54, 1.807) is 0 Å². The third-order valence-electron chi connectivity index (χ3n) is 2.12. The van der Waals surface area contributed by atoms with E-state index in [1.165, 1.54) is 17.7 Å². The molecule has 0 fully saturated rings. The molecule has 1 aromatic heterocycles. The summed E-state index contributed by atoms with van der Waals surface area (Å²) in [5, 5.41) is 0. The number of rotatable bonds is 1. The molecule has 1 aliphatic carbocycles. The molecular weight excluding hydrogens is 136 g/mol. The topological polar surface area (TPSA) is 25.8 Å². The van der Waals surface area contributed by atoms with Crippen molar-refractivity contribution < 1.29 is 0 Å². The summed E-state index contributed by atoms with van der Waals surface area (Å²) in [6, 6.07) is 0. The number of hydrogen-bond donors (Lipinski definition) is 0. The van der Waals surface area contributed by atoms with E-state index in [0.717, 1.165) is 12.2 Å². The first-order valence-corrected chi connectivity index (χ1v) is 4.12. The number of hydrogen-bond acceptors (Lipinski definition) is 2. The quantitative estimate of drug-likeness (QED) is 0.605. The molecule has 0 bridgehead atoms. The molecule has 58 valence electrons. The zero-order valence-electron chi connectivity index (χ0n) is 6.96. The van der Waals surface area contributed by atoms with Crippen molar-refractivity contribution in [2.45, 2.75) is 32.6 Å². The molecule has 0 saturated carbocycles. The Bertz CT molecular complexity index is 279. The molecule has 11 heavy (non-hydrogen) atoms. The van der Waals surface area contributed by atoms with Crippen molar-refractivity contribution in [2.75, 3.05) is 0 Å². The number of aryl methyl sites for hydroxylation is 2. The molecule has 2 nitrogen and oxygen atoms in total. The lowest BCUT2D eigenvalue weighted by molar-refractivity contribution is 0.699. The molecule has 2 rings (SSSR count). The Hall–Kier alpha value is -0.920. The summed E-state index contributed by atoms with van der Waals surface area (Å²) in [5.41, 5.74) is 2.61. The lowest BCUT2D eigenvalue weighted by Crippen LogP contribution is -2.14. The highest BCUT2D eigenvalue weighted by molar-refractivity contribution is 5.27. The Morgan fingerprint density at radius 3 is 2.64 bits per heavy atom. The van der Waals surface area contributed by atoms with Crippen molar-refractivity contribution in [1.29, 1.82) is 0 Å². The maximum atomic E-state index is 4.45. The van der Waals surface area contributed by atoms with Gasteiger partial charge in [-0.25, -0.2) is 9.97 Å². The first kappa shape index (κ1) is 6.77. The largest absolute Gasteiger partial charge is 0.241 e. The minimum atomic E-state index is 0.459. The third-order valence-corrected chi connectivity index (χ3v) is 2.12. The Morgan fingerprint density at radius 1 is 1.36 bits per heavy atom. The van der Waals surface area contributed by atoms with E-state index in [9.17, 15) is 0 Å². The fourth-order valence-electron chi connectivity index (χ4n) is 1.24. The molecule has 2 heteroatoms. The second kappa shape index (κ2) is 2.29. The van der Waals surface area contributed by atoms with Gasteiger partial charge in [0.25, 0.3) is 0 Å². The highest BCUT2D eigenvalue weighted by atomic mass is 14.9. The van der Waals surface area contributed by atoms with Crippen LogP contribution in [-0.4, -0.2) is 9.97 Å². The standard InChI is InChI=1S/C9H12N2/c1-6(2)9-10-5-7-3-4-8(7)11-9/h5-6H,3-4H2,1-2H3. The maximum Gasteiger partial charge on any atom is 0.131 e. The van der Waals surface area contributed by atoms with Gasteiger partial charge in [0.2, 0.25) is 0 Å². The summed E-state index contributed by atoms with van der Waals surface area (Å²) < 4.78 is 0. The van der Waals surface area contributed by atoms with Crippen LogP contribution >= 0.6 is 0 Å². The summed E-state index contributed by atoms with van der Waals surface area (Å²) >= 11 is 0. The number of aromatic nitrogens is 2. The van der Waals surface area contributed by atoms with E-state index in [1.807, 2.05) is 6.20 Å². The van der Waals surface area contributed by atoms with Crippen LogP contribution in [-0.2, 0) is 12.8 Å². The highest BCUT2D eigenvalue weighted by Gasteiger charge is 2.16. The van der Waals surface area contributed by atoms with Gasteiger partial charge < -0.3 is 0 Å². The van der Waals surface area contributed by atoms with Crippen LogP contribution in [0.25, 0.3) is 0 Å². The fourth-order valence-corrected chi connectivity index (χ4v) is 1.24. The lowest BCUT2D eigenvalue weighted by atomic mass is 9.95. The van der Waals surface area contributed by atoms with Crippen LogP contribution in [0.1, 0.15) is 36.8 Å². The van der Waals surface area contributed by atoms with Crippen LogP contribution in [0.5, 0.6) is 0 Å². The lowest BCUT2D eigenvalue weighted by Gasteiger charge is -2.17. The van der Waals surface area contributed by atoms with Gasteiger partial charge in [0.15, 0.2) is 0 Å². The maximum absolute atomic E-state index is 4.45. The highest BCUT2D eigenvalue weighted by Crippen LogP contribution is 2.20. The smallest absolute Gasteiger partial charge is 0.131 e. The second-order valence-electron chi connectivity index (χ2n) is 3.35. The van der Waals surface area contributed by atoms with Crippen molar-refractivity contribution in [3.63, 3.8) is 0 Å². The van der Waals surface area contributed by atoms with Gasteiger partial charge in [0.05, 0.1) is 0 Å². The van der Waals surface area contributed by atoms with Gasteiger partial charge in [-0.15, -0.1) is 0 Å². The Morgan fingerprint density at radius 2 is 2.18 bits per heavy atom. The summed E-state index contributed by atoms with van der Waals surface area (Å²) in [6.45, 7) is 4.25. The molecule has 0 unspecified atom stereocenters. The summed E-state index contributed by atoms with van der Waals surface area (Å²) in [4.78, 5) is 8.73. The first-order chi connectivity index (χ1) is 5.27. The predicted molar refractivity (Wildman–Crippen MR) is 43.5 cm³/mol. The predicted octanol–water partition coefficient (Wildman–Crippen LogP) is 1.70. The second-order valence-corrected chi connectivity index (χ2v) is 3.35. The molecule has 0 saturated heterocycles. The molecule has 0 atom stereocenters. The van der Waals surface area contributed by atoms with E-state index < -0.39 is 0 Å². The van der Waals surface area contributed by atoms with Gasteiger partial charge >= 0.3 is 0 Å². The Kier molecular flexibility index (Phi) is 1.41. The van der Waals surface area contributed by atoms with Crippen molar-refractivity contribution in [3.05, 3.63) is 23.3 Å². The van der Waals surface area contributed by atoms with Gasteiger partial charge in [-0.3, -0.25) is 0 Å². The number of nitrogens with zero attached hydrogens (tertiary/aromatic N) is 2. The van der Waals surface area contributed by atoms with Gasteiger partial charge in [0.1, 0.15) is 5.82 Å². The van der Waals surface area contributed by atoms with Gasteiger partial charge in [-0.2, -0.15) is 0 Å². The van der Waals surface area contributed by atoms with Crippen LogP contribution in [0.4, 0.5) is 0 Å². The Labute approximate surface area is 66.7 Å². The Balaban J connectivity index is 2.38. The zero-order chi connectivity index (χ0) is 7.84. The average Bonchev–Trinajstić information content (AvgIpc) is 1.91. The van der Waals surface area contributed by atoms with E-state index in [2.05, 4.69) is 23.8 Å². The molecule has 0 spiro atoms. The minimum absolute atomic E-state index is 0.459. The summed E-state index contributed by atoms with van der Waals surface area (Å²) in [6.07, 6.45) is 4.30. The molecule has 1 aliphatic rings. The molecule has 0 aromatic carbocycles. The molecule has 0 amide bonds. The van der Waals surface area contributed by atoms with Crippen LogP contribution in [0.15, 0.2) is 6.20 Å². The monoisotopic (exact) mass is 148 g/mol. The zero-order valence-corrected chi connectivity index (χ0v) is 6.96. The van der Waals surface area contributed by atoms with Crippen molar-refractivity contribution in [1.82, 2.24) is 9.97 Å². The van der Waals surface area contributed by atoms with Crippen molar-refractivity contribution in [2.24, 2.45) is 0 Å². The van der Waals surface area contributed by atoms with Crippen LogP contribution in [0, 0.1) is 0 Å². The average molecular weight is 148 g/mol. The molecular formula is C9H12N2. The van der Waals surface area contributed by atoms with Gasteiger partial charge in [-0.05, 0) is 18.4 Å². The van der Waals surface area contributed by atoms with E-state index in [-0.39, 0.29) is 0 Å². The SMILES string of the molecule is CC(C)c1ncc2c(n1)CC2. The molecule has 0 aliphatic heterocycles. The molecule has 1 aromatic rings. The van der Waals surface area contributed by atoms with Gasteiger partial charge in [0, 0.05) is 17.8 Å². The minimum Gasteiger partial charge on any atom is -0.241 e. The molecule has 1 heterocycles. The molecule has 0 radical (unpaired) electrons. The fraction of sp³-hybridized carbons (Fsp3) is 0.556. The van der Waals surface area contributed by atoms with Crippen LogP contribution in [0.3, 0.4) is 0 Å². The van der Waals surface area contributed by atoms with E-state index in [4.69, 9.17) is 0 Å². The first-order valence-electron chi connectivity index (χ1n) is 4.12. The normalized spacial score (nSPS) is 14.5. The van der Waals surface area contributed by atoms with Crippen molar-refractivity contribution in [3.8, 4) is 0 Å². The third kappa shape index (κ3) is 1.02. The summed E-state index contributed by atoms with van der Waals surface area (Å²) in [7, 11) is 0. The van der Waals surface area contributed by atoms with Crippen LogP contribution < -0.4 is 0 Å². The van der Waals surface area contributed by atoms with Gasteiger partial charge in [-0.1, -0.05) is 13.8 Å².